The molecule has 158 valence electrons. The molecule has 1 amide bonds. The number of aliphatic hydroxyl groups is 1. The molecule has 3 aliphatic carbocycles. The maximum atomic E-state index is 13.4. The number of ketones is 1. The summed E-state index contributed by atoms with van der Waals surface area (Å²) in [6.45, 7) is -0.232. The molecule has 2 bridgehead atoms. The Morgan fingerprint density at radius 2 is 1.80 bits per heavy atom. The van der Waals surface area contributed by atoms with Crippen LogP contribution in [0.2, 0.25) is 10.0 Å². The highest BCUT2D eigenvalue weighted by Gasteiger charge is 2.68. The molecule has 1 atom stereocenters. The van der Waals surface area contributed by atoms with Crippen LogP contribution in [0.4, 0.5) is 4.39 Å². The third-order valence-corrected chi connectivity index (χ3v) is 6.40. The minimum Gasteiger partial charge on any atom is -0.484 e. The molecule has 0 aliphatic heterocycles. The molecular formula is C22H20Cl2FNO4. The maximum Gasteiger partial charge on any atom is 0.258 e. The molecule has 0 spiro atoms. The first-order valence-electron chi connectivity index (χ1n) is 9.54. The van der Waals surface area contributed by atoms with Crippen molar-refractivity contribution in [3.8, 4) is 5.75 Å². The van der Waals surface area contributed by atoms with Crippen molar-refractivity contribution in [2.24, 2.45) is 5.41 Å². The normalized spacial score (nSPS) is 24.9. The monoisotopic (exact) mass is 451 g/mol. The number of carbonyl (C=O) groups is 2. The molecule has 2 N–H and O–H groups in total. The Bertz CT molecular complexity index is 975. The summed E-state index contributed by atoms with van der Waals surface area (Å²) in [7, 11) is 0. The maximum absolute atomic E-state index is 13.4. The van der Waals surface area contributed by atoms with E-state index in [2.05, 4.69) is 5.32 Å². The van der Waals surface area contributed by atoms with Crippen LogP contribution in [-0.4, -0.2) is 28.9 Å². The summed E-state index contributed by atoms with van der Waals surface area (Å²) in [6, 6.07) is 10.5. The Kier molecular flexibility index (Phi) is 5.51. The predicted octanol–water partition coefficient (Wildman–Crippen LogP) is 4.24. The minimum atomic E-state index is -1.17. The molecule has 0 saturated heterocycles. The molecule has 5 rings (SSSR count). The summed E-state index contributed by atoms with van der Waals surface area (Å²) in [5, 5.41) is 13.8. The highest BCUT2D eigenvalue weighted by atomic mass is 35.5. The van der Waals surface area contributed by atoms with Gasteiger partial charge in [-0.05, 0) is 54.5 Å². The third-order valence-electron chi connectivity index (χ3n) is 5.85. The van der Waals surface area contributed by atoms with Crippen molar-refractivity contribution in [2.75, 3.05) is 6.61 Å². The van der Waals surface area contributed by atoms with E-state index < -0.39 is 11.9 Å². The first-order valence-corrected chi connectivity index (χ1v) is 10.3. The first kappa shape index (κ1) is 21.1. The number of ether oxygens (including phenoxy) is 1. The van der Waals surface area contributed by atoms with Crippen molar-refractivity contribution in [1.29, 1.82) is 0 Å². The van der Waals surface area contributed by atoms with E-state index in [1.807, 2.05) is 0 Å². The van der Waals surface area contributed by atoms with Crippen LogP contribution >= 0.6 is 23.2 Å². The highest BCUT2D eigenvalue weighted by molar-refractivity contribution is 6.31. The van der Waals surface area contributed by atoms with Crippen LogP contribution in [0, 0.1) is 11.2 Å². The molecule has 0 radical (unpaired) electrons. The average molecular weight is 452 g/mol. The van der Waals surface area contributed by atoms with Gasteiger partial charge in [0.25, 0.3) is 5.91 Å². The van der Waals surface area contributed by atoms with Crippen molar-refractivity contribution in [2.45, 2.75) is 37.3 Å². The second kappa shape index (κ2) is 7.84. The smallest absolute Gasteiger partial charge is 0.258 e. The zero-order valence-corrected chi connectivity index (χ0v) is 17.5. The molecule has 2 aromatic rings. The topological polar surface area (TPSA) is 75.6 Å². The number of aliphatic hydroxyl groups excluding tert-OH is 1. The van der Waals surface area contributed by atoms with Gasteiger partial charge in [0, 0.05) is 23.0 Å². The second-order valence-electron chi connectivity index (χ2n) is 8.32. The minimum absolute atomic E-state index is 0.0123. The molecule has 3 aliphatic rings. The van der Waals surface area contributed by atoms with Gasteiger partial charge in [0.1, 0.15) is 17.7 Å². The molecule has 5 nitrogen and oxygen atoms in total. The van der Waals surface area contributed by atoms with E-state index >= 15 is 0 Å². The van der Waals surface area contributed by atoms with E-state index in [9.17, 15) is 19.1 Å². The molecular weight excluding hydrogens is 432 g/mol. The lowest BCUT2D eigenvalue weighted by Crippen LogP contribution is -2.75. The summed E-state index contributed by atoms with van der Waals surface area (Å²) in [6.07, 6.45) is 1.19. The van der Waals surface area contributed by atoms with Crippen molar-refractivity contribution in [3.63, 3.8) is 0 Å². The lowest BCUT2D eigenvalue weighted by atomic mass is 9.38. The Morgan fingerprint density at radius 1 is 1.13 bits per heavy atom. The lowest BCUT2D eigenvalue weighted by Gasteiger charge is -2.70. The Morgan fingerprint density at radius 3 is 2.43 bits per heavy atom. The number of amides is 1. The van der Waals surface area contributed by atoms with Crippen LogP contribution in [0.5, 0.6) is 5.75 Å². The van der Waals surface area contributed by atoms with E-state index in [0.29, 0.717) is 29.8 Å². The summed E-state index contributed by atoms with van der Waals surface area (Å²) in [5.41, 5.74) is 0.0598. The molecule has 3 fully saturated rings. The number of benzene rings is 2. The fraction of sp³-hybridized carbons (Fsp3) is 0.364. The molecule has 8 heteroatoms. The SMILES string of the molecule is O=C(COc1ccc(Cl)c(F)c1)NC12CC(CC(=O)[C@@H](O)c3ccc(Cl)cc3)(C1)C2. The van der Waals surface area contributed by atoms with Crippen LogP contribution in [0.25, 0.3) is 0 Å². The second-order valence-corrected chi connectivity index (χ2v) is 9.16. The van der Waals surface area contributed by atoms with Gasteiger partial charge in [0.05, 0.1) is 5.02 Å². The van der Waals surface area contributed by atoms with Gasteiger partial charge in [-0.15, -0.1) is 0 Å². The molecule has 30 heavy (non-hydrogen) atoms. The number of nitrogens with one attached hydrogen (secondary N) is 1. The number of carbonyl (C=O) groups excluding carboxylic acids is 2. The molecule has 0 heterocycles. The average Bonchev–Trinajstić information content (AvgIpc) is 2.66. The molecule has 2 aromatic carbocycles. The summed E-state index contributed by atoms with van der Waals surface area (Å²) < 4.78 is 18.7. The predicted molar refractivity (Wildman–Crippen MR) is 110 cm³/mol. The summed E-state index contributed by atoms with van der Waals surface area (Å²) in [4.78, 5) is 24.6. The fourth-order valence-corrected chi connectivity index (χ4v) is 4.91. The van der Waals surface area contributed by atoms with E-state index in [-0.39, 0.29) is 46.4 Å². The summed E-state index contributed by atoms with van der Waals surface area (Å²) in [5.74, 6) is -0.916. The van der Waals surface area contributed by atoms with Crippen LogP contribution in [0.15, 0.2) is 42.5 Å². The standard InChI is InChI=1S/C22H20Cl2FNO4/c23-14-3-1-13(2-4-14)20(29)18(27)8-21-10-22(11-21,12-21)26-19(28)9-30-15-5-6-16(24)17(25)7-15/h1-7,20,29H,8-12H2,(H,26,28)/t20-,21?,22?/m0/s1. The van der Waals surface area contributed by atoms with Gasteiger partial charge in [0.15, 0.2) is 12.4 Å². The number of rotatable bonds is 8. The van der Waals surface area contributed by atoms with E-state index in [1.165, 1.54) is 12.1 Å². The number of halogens is 3. The van der Waals surface area contributed by atoms with Crippen LogP contribution in [0.1, 0.15) is 37.4 Å². The van der Waals surface area contributed by atoms with Gasteiger partial charge in [0.2, 0.25) is 0 Å². The zero-order chi connectivity index (χ0) is 21.5. The van der Waals surface area contributed by atoms with Gasteiger partial charge < -0.3 is 15.2 Å². The largest absolute Gasteiger partial charge is 0.484 e. The van der Waals surface area contributed by atoms with Gasteiger partial charge in [-0.25, -0.2) is 4.39 Å². The van der Waals surface area contributed by atoms with Gasteiger partial charge in [-0.3, -0.25) is 9.59 Å². The van der Waals surface area contributed by atoms with Crippen LogP contribution in [-0.2, 0) is 9.59 Å². The Hall–Kier alpha value is -2.15. The number of hydrogen-bond donors (Lipinski definition) is 2. The van der Waals surface area contributed by atoms with Gasteiger partial charge >= 0.3 is 0 Å². The van der Waals surface area contributed by atoms with Crippen molar-refractivity contribution < 1.29 is 23.8 Å². The lowest BCUT2D eigenvalue weighted by molar-refractivity contribution is -0.175. The van der Waals surface area contributed by atoms with Gasteiger partial charge in [-0.1, -0.05) is 35.3 Å². The van der Waals surface area contributed by atoms with Crippen LogP contribution < -0.4 is 10.1 Å². The van der Waals surface area contributed by atoms with Crippen molar-refractivity contribution in [3.05, 3.63) is 63.9 Å². The van der Waals surface area contributed by atoms with E-state index in [1.54, 1.807) is 24.3 Å². The molecule has 3 saturated carbocycles. The molecule has 0 aromatic heterocycles. The number of Topliss-reactive ketones (excluding diaryl/α,β-unsaturated/α-hetero) is 1. The Balaban J connectivity index is 1.23. The van der Waals surface area contributed by atoms with Gasteiger partial charge in [-0.2, -0.15) is 0 Å². The third kappa shape index (κ3) is 4.17. The number of hydrogen-bond acceptors (Lipinski definition) is 4. The summed E-state index contributed by atoms with van der Waals surface area (Å²) >= 11 is 11.5. The highest BCUT2D eigenvalue weighted by Crippen LogP contribution is 2.69. The van der Waals surface area contributed by atoms with Crippen molar-refractivity contribution >= 4 is 34.9 Å². The fourth-order valence-electron chi connectivity index (χ4n) is 4.66. The quantitative estimate of drug-likeness (QED) is 0.628. The van der Waals surface area contributed by atoms with Crippen LogP contribution in [0.3, 0.4) is 0 Å². The first-order chi connectivity index (χ1) is 14.2. The van der Waals surface area contributed by atoms with Crippen molar-refractivity contribution in [1.82, 2.24) is 5.32 Å². The van der Waals surface area contributed by atoms with E-state index in [0.717, 1.165) is 6.07 Å². The molecule has 0 unspecified atom stereocenters. The Labute approximate surface area is 183 Å². The zero-order valence-electron chi connectivity index (χ0n) is 16.0. The van der Waals surface area contributed by atoms with E-state index in [4.69, 9.17) is 27.9 Å².